The number of nitrogens with zero attached hydrogens (tertiary/aromatic N) is 4. The van der Waals surface area contributed by atoms with Crippen molar-refractivity contribution in [3.8, 4) is 5.75 Å². The number of aromatic nitrogens is 2. The van der Waals surface area contributed by atoms with E-state index in [1.54, 1.807) is 67.7 Å². The van der Waals surface area contributed by atoms with Crippen LogP contribution in [0, 0.1) is 19.7 Å². The number of methoxy groups -OCH3 is 1. The molecule has 1 aromatic heterocycles. The van der Waals surface area contributed by atoms with Gasteiger partial charge in [-0.15, -0.1) is 0 Å². The lowest BCUT2D eigenvalue weighted by atomic mass is 10.0. The standard InChI is InChI=1S/C34H41FN6O5/c1-8-32(42)41-14-13-40(19-23(41)4)20-30(25-10-9-21(2)28(35)16-25)46-29-15-22(3)26(34(44)37-31-11-12-39(6)38-31)17-27(29)33(43)36-18-24(5)45-7/h8-12,15-17,24,30H,1,13-14,18-20H2,2-7H3,(H-,36,37,38,43,44)/p+1/t24-,30-/m1/s1. The van der Waals surface area contributed by atoms with Crippen molar-refractivity contribution in [3.63, 3.8) is 0 Å². The predicted octanol–water partition coefficient (Wildman–Crippen LogP) is 3.81. The molecule has 0 saturated heterocycles. The Hall–Kier alpha value is -4.68. The number of aryl methyl sites for hydroxylation is 3. The van der Waals surface area contributed by atoms with Crippen molar-refractivity contribution < 1.29 is 32.8 Å². The average molecular weight is 634 g/mol. The highest BCUT2D eigenvalue weighted by molar-refractivity contribution is 6.07. The van der Waals surface area contributed by atoms with Crippen LogP contribution in [0.3, 0.4) is 0 Å². The van der Waals surface area contributed by atoms with E-state index in [0.29, 0.717) is 48.7 Å². The van der Waals surface area contributed by atoms with Crippen molar-refractivity contribution >= 4 is 29.3 Å². The molecule has 1 aliphatic heterocycles. The summed E-state index contributed by atoms with van der Waals surface area (Å²) >= 11 is 0. The second kappa shape index (κ2) is 15.1. The Balaban J connectivity index is 1.71. The zero-order valence-corrected chi connectivity index (χ0v) is 27.2. The Morgan fingerprint density at radius 3 is 2.50 bits per heavy atom. The van der Waals surface area contributed by atoms with Crippen LogP contribution >= 0.6 is 0 Å². The summed E-state index contributed by atoms with van der Waals surface area (Å²) in [5, 5.41) is 9.83. The van der Waals surface area contributed by atoms with Gasteiger partial charge in [0.25, 0.3) is 11.8 Å². The molecule has 1 aliphatic rings. The molecule has 0 fully saturated rings. The number of hydrogen-bond acceptors (Lipinski definition) is 7. The number of rotatable bonds is 12. The van der Waals surface area contributed by atoms with E-state index in [1.165, 1.54) is 18.2 Å². The van der Waals surface area contributed by atoms with Gasteiger partial charge < -0.3 is 20.1 Å². The number of carbonyl (C=O) groups is 3. The molecule has 0 aliphatic carbocycles. The van der Waals surface area contributed by atoms with Crippen molar-refractivity contribution in [2.45, 2.75) is 39.9 Å². The molecule has 46 heavy (non-hydrogen) atoms. The molecule has 0 bridgehead atoms. The first kappa shape index (κ1) is 34.2. The fourth-order valence-corrected chi connectivity index (χ4v) is 5.17. The maximum atomic E-state index is 14.8. The monoisotopic (exact) mass is 633 g/mol. The van der Waals surface area contributed by atoms with Crippen LogP contribution in [0.2, 0.25) is 0 Å². The van der Waals surface area contributed by atoms with Gasteiger partial charge in [0.1, 0.15) is 17.7 Å². The lowest BCUT2D eigenvalue weighted by Gasteiger charge is -2.30. The molecule has 0 saturated carbocycles. The summed E-state index contributed by atoms with van der Waals surface area (Å²) in [5.41, 5.74) is 2.92. The number of anilines is 1. The van der Waals surface area contributed by atoms with Crippen LogP contribution in [0.1, 0.15) is 57.4 Å². The Labute approximate surface area is 268 Å². The molecule has 2 heterocycles. The minimum Gasteiger partial charge on any atom is -0.484 e. The fourth-order valence-electron chi connectivity index (χ4n) is 5.17. The summed E-state index contributed by atoms with van der Waals surface area (Å²) in [6.45, 7) is 12.8. The average Bonchev–Trinajstić information content (AvgIpc) is 3.44. The van der Waals surface area contributed by atoms with Gasteiger partial charge in [-0.25, -0.2) is 9.18 Å². The third-order valence-electron chi connectivity index (χ3n) is 7.98. The van der Waals surface area contributed by atoms with Gasteiger partial charge in [0.2, 0.25) is 0 Å². The van der Waals surface area contributed by atoms with Gasteiger partial charge >= 0.3 is 5.91 Å². The van der Waals surface area contributed by atoms with Crippen LogP contribution in [0.25, 0.3) is 0 Å². The fraction of sp³-hybridized carbons (Fsp3) is 0.382. The smallest absolute Gasteiger partial charge is 0.411 e. The highest BCUT2D eigenvalue weighted by atomic mass is 19.1. The number of benzene rings is 2. The first-order chi connectivity index (χ1) is 21.9. The lowest BCUT2D eigenvalue weighted by Crippen LogP contribution is -2.47. The largest absolute Gasteiger partial charge is 0.484 e. The van der Waals surface area contributed by atoms with Crippen molar-refractivity contribution in [2.75, 3.05) is 45.2 Å². The zero-order valence-electron chi connectivity index (χ0n) is 27.2. The van der Waals surface area contributed by atoms with Gasteiger partial charge in [-0.05, 0) is 55.7 Å². The van der Waals surface area contributed by atoms with Crippen LogP contribution in [0.4, 0.5) is 10.2 Å². The van der Waals surface area contributed by atoms with Crippen LogP contribution in [-0.2, 0) is 16.6 Å². The normalized spacial score (nSPS) is 14.8. The molecule has 11 nitrogen and oxygen atoms in total. The number of ether oxygens (including phenoxy) is 2. The van der Waals surface area contributed by atoms with Crippen LogP contribution in [0.15, 0.2) is 55.3 Å². The van der Waals surface area contributed by atoms with E-state index in [9.17, 15) is 18.8 Å². The van der Waals surface area contributed by atoms with Gasteiger partial charge in [-0.1, -0.05) is 18.7 Å². The second-order valence-electron chi connectivity index (χ2n) is 11.5. The summed E-state index contributed by atoms with van der Waals surface area (Å²) < 4.78 is 30.0. The molecule has 2 aromatic carbocycles. The SMILES string of the molecule is C=CC(=O)[N+]1=C(C)CN(C[C@@H](Oc2cc(C)c(C(=O)Nc3ccn(C)n3)cc2C(=O)NC[C@@H](C)OC)c2ccc(C)c(F)c2)CC1. The van der Waals surface area contributed by atoms with Gasteiger partial charge in [-0.3, -0.25) is 19.2 Å². The van der Waals surface area contributed by atoms with E-state index >= 15 is 0 Å². The number of nitrogens with one attached hydrogen (secondary N) is 2. The van der Waals surface area contributed by atoms with Gasteiger partial charge in [0.05, 0.1) is 24.8 Å². The molecule has 2 atom stereocenters. The van der Waals surface area contributed by atoms with E-state index in [2.05, 4.69) is 27.2 Å². The molecule has 12 heteroatoms. The van der Waals surface area contributed by atoms with Crippen molar-refractivity contribution in [1.82, 2.24) is 20.0 Å². The molecular weight excluding hydrogens is 591 g/mol. The highest BCUT2D eigenvalue weighted by Crippen LogP contribution is 2.31. The molecular formula is C34H42FN6O5+. The van der Waals surface area contributed by atoms with Crippen LogP contribution in [0.5, 0.6) is 5.75 Å². The zero-order chi connectivity index (χ0) is 33.5. The molecule has 0 unspecified atom stereocenters. The topological polar surface area (TPSA) is 118 Å². The van der Waals surface area contributed by atoms with Gasteiger partial charge in [-0.2, -0.15) is 9.67 Å². The van der Waals surface area contributed by atoms with Crippen molar-refractivity contribution in [3.05, 3.63) is 88.9 Å². The van der Waals surface area contributed by atoms with Gasteiger partial charge in [0, 0.05) is 58.1 Å². The minimum absolute atomic E-state index is 0.141. The number of halogens is 1. The van der Waals surface area contributed by atoms with Crippen molar-refractivity contribution in [1.29, 1.82) is 0 Å². The molecule has 0 spiro atoms. The van der Waals surface area contributed by atoms with Crippen LogP contribution < -0.4 is 15.4 Å². The number of amides is 3. The van der Waals surface area contributed by atoms with Crippen LogP contribution in [-0.4, -0.2) is 88.6 Å². The van der Waals surface area contributed by atoms with E-state index in [4.69, 9.17) is 9.47 Å². The highest BCUT2D eigenvalue weighted by Gasteiger charge is 2.30. The third kappa shape index (κ3) is 8.32. The Morgan fingerprint density at radius 2 is 1.87 bits per heavy atom. The maximum absolute atomic E-state index is 14.8. The summed E-state index contributed by atoms with van der Waals surface area (Å²) in [6, 6.07) is 9.75. The Kier molecular flexibility index (Phi) is 11.2. The number of hydrogen-bond donors (Lipinski definition) is 2. The minimum atomic E-state index is -0.693. The van der Waals surface area contributed by atoms with E-state index < -0.39 is 17.9 Å². The maximum Gasteiger partial charge on any atom is 0.411 e. The lowest BCUT2D eigenvalue weighted by molar-refractivity contribution is -0.451. The molecule has 3 amide bonds. The summed E-state index contributed by atoms with van der Waals surface area (Å²) in [4.78, 5) is 41.3. The third-order valence-corrected chi connectivity index (χ3v) is 7.98. The quantitative estimate of drug-likeness (QED) is 0.230. The first-order valence-electron chi connectivity index (χ1n) is 15.1. The van der Waals surface area contributed by atoms with E-state index in [0.717, 1.165) is 5.71 Å². The second-order valence-corrected chi connectivity index (χ2v) is 11.5. The Bertz CT molecular complexity index is 1670. The van der Waals surface area contributed by atoms with Crippen molar-refractivity contribution in [2.24, 2.45) is 7.05 Å². The number of carbonyl (C=O) groups excluding carboxylic acids is 3. The molecule has 0 radical (unpaired) electrons. The summed E-state index contributed by atoms with van der Waals surface area (Å²) in [5.74, 6) is -0.819. The Morgan fingerprint density at radius 1 is 1.11 bits per heavy atom. The molecule has 244 valence electrons. The predicted molar refractivity (Wildman–Crippen MR) is 173 cm³/mol. The molecule has 3 aromatic rings. The van der Waals surface area contributed by atoms with E-state index in [1.807, 2.05) is 13.8 Å². The molecule has 4 rings (SSSR count). The first-order valence-corrected chi connectivity index (χ1v) is 15.1. The van der Waals surface area contributed by atoms with Gasteiger partial charge in [0.15, 0.2) is 18.1 Å². The summed E-state index contributed by atoms with van der Waals surface area (Å²) in [7, 11) is 3.29. The van der Waals surface area contributed by atoms with E-state index in [-0.39, 0.29) is 41.2 Å². The summed E-state index contributed by atoms with van der Waals surface area (Å²) in [6.07, 6.45) is 2.06. The molecule has 2 N–H and O–H groups in total.